The van der Waals surface area contributed by atoms with Crippen LogP contribution in [0.5, 0.6) is 5.75 Å². The molecule has 29 heavy (non-hydrogen) atoms. The normalized spacial score (nSPS) is 17.2. The lowest BCUT2D eigenvalue weighted by molar-refractivity contribution is 0.420. The zero-order valence-electron chi connectivity index (χ0n) is 20.0. The Balaban J connectivity index is 2.25. The van der Waals surface area contributed by atoms with Crippen LogP contribution in [0.4, 0.5) is 0 Å². The molecule has 2 aromatic carbocycles. The molecule has 0 aromatic heterocycles. The van der Waals surface area contributed by atoms with Crippen LogP contribution in [-0.4, -0.2) is 23.3 Å². The summed E-state index contributed by atoms with van der Waals surface area (Å²) < 4.78 is 6.23. The molecule has 0 heterocycles. The Labute approximate surface area is 180 Å². The Morgan fingerprint density at radius 2 is 1.48 bits per heavy atom. The van der Waals surface area contributed by atoms with Crippen molar-refractivity contribution in [1.29, 1.82) is 0 Å². The van der Waals surface area contributed by atoms with Crippen LogP contribution < -0.4 is 15.1 Å². The first-order valence-electron chi connectivity index (χ1n) is 10.8. The van der Waals surface area contributed by atoms with Gasteiger partial charge < -0.3 is 4.74 Å². The summed E-state index contributed by atoms with van der Waals surface area (Å²) in [6.45, 7) is 21.8. The van der Waals surface area contributed by atoms with E-state index in [1.165, 1.54) is 38.4 Å². The molecular formula is C26H38OSi2. The minimum Gasteiger partial charge on any atom is -0.497 e. The summed E-state index contributed by atoms with van der Waals surface area (Å²) in [5.74, 6) is 1.18. The summed E-state index contributed by atoms with van der Waals surface area (Å²) in [5.41, 5.74) is 6.27. The van der Waals surface area contributed by atoms with Gasteiger partial charge in [0.15, 0.2) is 0 Å². The number of hydrogen-bond donors (Lipinski definition) is 0. The number of allylic oxidation sites excluding steroid dienone is 1. The number of aryl methyl sites for hydroxylation is 1. The maximum absolute atomic E-state index is 6.23. The number of fused-ring (bicyclic) bond motifs is 1. The minimum atomic E-state index is -1.90. The molecule has 0 spiro atoms. The Hall–Kier alpha value is -1.59. The van der Waals surface area contributed by atoms with Gasteiger partial charge in [-0.25, -0.2) is 0 Å². The second-order valence-electron chi connectivity index (χ2n) is 10.9. The number of methoxy groups -OCH3 is 1. The van der Waals surface area contributed by atoms with Gasteiger partial charge in [0, 0.05) is 5.54 Å². The van der Waals surface area contributed by atoms with Crippen LogP contribution in [0.25, 0.3) is 6.08 Å². The van der Waals surface area contributed by atoms with Crippen molar-refractivity contribution in [3.05, 3.63) is 58.7 Å². The molecule has 1 aliphatic rings. The van der Waals surface area contributed by atoms with Gasteiger partial charge in [-0.2, -0.15) is 0 Å². The van der Waals surface area contributed by atoms with Gasteiger partial charge in [-0.3, -0.25) is 0 Å². The predicted octanol–water partition coefficient (Wildman–Crippen LogP) is 6.37. The molecule has 1 unspecified atom stereocenters. The smallest absolute Gasteiger partial charge is 0.117 e. The van der Waals surface area contributed by atoms with Gasteiger partial charge in [0.05, 0.1) is 23.3 Å². The third-order valence-corrected chi connectivity index (χ3v) is 17.0. The number of ether oxygens (including phenoxy) is 1. The zero-order chi connectivity index (χ0) is 21.8. The van der Waals surface area contributed by atoms with Gasteiger partial charge in [0.25, 0.3) is 0 Å². The van der Waals surface area contributed by atoms with Crippen molar-refractivity contribution >= 4 is 32.6 Å². The van der Waals surface area contributed by atoms with Crippen LogP contribution in [0.15, 0.2) is 42.0 Å². The summed E-state index contributed by atoms with van der Waals surface area (Å²) in [4.78, 5) is 0. The molecule has 156 valence electrons. The summed E-state index contributed by atoms with van der Waals surface area (Å²) in [5, 5.41) is 3.23. The molecule has 0 aliphatic heterocycles. The topological polar surface area (TPSA) is 9.23 Å². The molecule has 0 bridgehead atoms. The van der Waals surface area contributed by atoms with Gasteiger partial charge in [0.2, 0.25) is 0 Å². The Morgan fingerprint density at radius 1 is 0.897 bits per heavy atom. The van der Waals surface area contributed by atoms with Crippen molar-refractivity contribution in [1.82, 2.24) is 0 Å². The van der Waals surface area contributed by atoms with Crippen LogP contribution in [-0.2, 0) is 0 Å². The summed E-state index contributed by atoms with van der Waals surface area (Å²) in [6, 6.07) is 13.8. The number of hydrogen-bond acceptors (Lipinski definition) is 1. The highest BCUT2D eigenvalue weighted by Gasteiger charge is 2.44. The second-order valence-corrected chi connectivity index (χ2v) is 20.8. The first-order valence-corrected chi connectivity index (χ1v) is 16.9. The van der Waals surface area contributed by atoms with Crippen molar-refractivity contribution in [2.45, 2.75) is 71.4 Å². The van der Waals surface area contributed by atoms with Crippen LogP contribution in [0.3, 0.4) is 0 Å². The molecule has 1 aliphatic carbocycles. The van der Waals surface area contributed by atoms with Crippen molar-refractivity contribution in [3.8, 4) is 5.75 Å². The Kier molecular flexibility index (Phi) is 5.55. The fraction of sp³-hybridized carbons (Fsp3) is 0.462. The van der Waals surface area contributed by atoms with E-state index in [1.807, 2.05) is 7.11 Å². The van der Waals surface area contributed by atoms with Gasteiger partial charge in [-0.15, -0.1) is 0 Å². The van der Waals surface area contributed by atoms with Crippen LogP contribution in [0.2, 0.25) is 31.2 Å². The van der Waals surface area contributed by atoms with Gasteiger partial charge in [-0.05, 0) is 40.4 Å². The number of benzene rings is 2. The van der Waals surface area contributed by atoms with E-state index < -0.39 is 16.1 Å². The predicted molar refractivity (Wildman–Crippen MR) is 135 cm³/mol. The molecule has 3 heteroatoms. The highest BCUT2D eigenvalue weighted by molar-refractivity contribution is 6.95. The molecule has 0 radical (unpaired) electrons. The second kappa shape index (κ2) is 7.28. The molecule has 0 amide bonds. The van der Waals surface area contributed by atoms with Crippen molar-refractivity contribution in [2.75, 3.05) is 7.11 Å². The van der Waals surface area contributed by atoms with Gasteiger partial charge >= 0.3 is 0 Å². The van der Waals surface area contributed by atoms with Crippen LogP contribution in [0, 0.1) is 6.92 Å². The van der Waals surface area contributed by atoms with E-state index in [2.05, 4.69) is 103 Å². The van der Waals surface area contributed by atoms with E-state index in [4.69, 9.17) is 4.74 Å². The highest BCUT2D eigenvalue weighted by Crippen LogP contribution is 2.43. The lowest BCUT2D eigenvalue weighted by Crippen LogP contribution is -2.55. The quantitative estimate of drug-likeness (QED) is 0.520. The van der Waals surface area contributed by atoms with Crippen molar-refractivity contribution < 1.29 is 4.74 Å². The van der Waals surface area contributed by atoms with E-state index in [0.717, 1.165) is 0 Å². The van der Waals surface area contributed by atoms with E-state index in [1.54, 1.807) is 0 Å². The zero-order valence-corrected chi connectivity index (χ0v) is 22.0. The lowest BCUT2D eigenvalue weighted by atomic mass is 10.1. The van der Waals surface area contributed by atoms with Gasteiger partial charge in [0.1, 0.15) is 5.75 Å². The Morgan fingerprint density at radius 3 is 2.07 bits per heavy atom. The standard InChI is InChI=1S/C26H38OSi2/c1-18-15-22(24(27-6)23(16-18)29(9,10)26(3,4)5)28(7,8)25-19(2)17-20-13-11-12-14-21(20)25/h11-17,25H,1-10H3. The minimum absolute atomic E-state index is 0.271. The molecule has 1 nitrogen and oxygen atoms in total. The Bertz CT molecular complexity index is 961. The van der Waals surface area contributed by atoms with E-state index >= 15 is 0 Å². The molecular weight excluding hydrogens is 384 g/mol. The van der Waals surface area contributed by atoms with Gasteiger partial charge in [-0.1, -0.05) is 101 Å². The van der Waals surface area contributed by atoms with Crippen LogP contribution >= 0.6 is 0 Å². The molecule has 1 atom stereocenters. The highest BCUT2D eigenvalue weighted by atomic mass is 28.3. The molecule has 0 fully saturated rings. The maximum Gasteiger partial charge on any atom is 0.117 e. The first kappa shape index (κ1) is 22.1. The molecule has 0 saturated carbocycles. The average molecular weight is 423 g/mol. The largest absolute Gasteiger partial charge is 0.497 e. The summed E-state index contributed by atoms with van der Waals surface area (Å²) in [7, 11) is -1.76. The van der Waals surface area contributed by atoms with E-state index in [9.17, 15) is 0 Å². The summed E-state index contributed by atoms with van der Waals surface area (Å²) >= 11 is 0. The van der Waals surface area contributed by atoms with Crippen LogP contribution in [0.1, 0.15) is 49.9 Å². The molecule has 0 saturated heterocycles. The van der Waals surface area contributed by atoms with E-state index in [0.29, 0.717) is 5.54 Å². The molecule has 2 aromatic rings. The monoisotopic (exact) mass is 422 g/mol. The third-order valence-electron chi connectivity index (χ3n) is 7.55. The lowest BCUT2D eigenvalue weighted by Gasteiger charge is -2.41. The maximum atomic E-state index is 6.23. The van der Waals surface area contributed by atoms with Crippen molar-refractivity contribution in [3.63, 3.8) is 0 Å². The third kappa shape index (κ3) is 3.57. The molecule has 3 rings (SSSR count). The fourth-order valence-electron chi connectivity index (χ4n) is 4.93. The molecule has 0 N–H and O–H groups in total. The van der Waals surface area contributed by atoms with E-state index in [-0.39, 0.29) is 5.04 Å². The fourth-order valence-corrected chi connectivity index (χ4v) is 11.3. The number of rotatable bonds is 4. The first-order chi connectivity index (χ1) is 13.3. The SMILES string of the molecule is COc1c([Si](C)(C)C2C(C)=Cc3ccccc32)cc(C)cc1[Si](C)(C)C(C)(C)C. The average Bonchev–Trinajstić information content (AvgIpc) is 2.96. The van der Waals surface area contributed by atoms with Crippen molar-refractivity contribution in [2.24, 2.45) is 0 Å². The summed E-state index contributed by atoms with van der Waals surface area (Å²) in [6.07, 6.45) is 2.39.